The summed E-state index contributed by atoms with van der Waals surface area (Å²) < 4.78 is 14.0. The predicted molar refractivity (Wildman–Crippen MR) is 105 cm³/mol. The van der Waals surface area contributed by atoms with Gasteiger partial charge in [-0.05, 0) is 55.9 Å². The lowest BCUT2D eigenvalue weighted by atomic mass is 10.0. The summed E-state index contributed by atoms with van der Waals surface area (Å²) in [6.07, 6.45) is 8.62. The molecular formula is C22H23FN4. The first-order valence-corrected chi connectivity index (χ1v) is 9.57. The van der Waals surface area contributed by atoms with Gasteiger partial charge in [-0.1, -0.05) is 24.3 Å². The molecule has 2 aromatic heterocycles. The molecule has 27 heavy (non-hydrogen) atoms. The molecule has 1 saturated heterocycles. The van der Waals surface area contributed by atoms with Gasteiger partial charge in [0.2, 0.25) is 0 Å². The molecule has 4 nitrogen and oxygen atoms in total. The van der Waals surface area contributed by atoms with Gasteiger partial charge in [0.15, 0.2) is 5.82 Å². The smallest absolute Gasteiger partial charge is 0.180 e. The van der Waals surface area contributed by atoms with E-state index in [2.05, 4.69) is 14.9 Å². The Hall–Kier alpha value is -2.82. The predicted octanol–water partition coefficient (Wildman–Crippen LogP) is 4.45. The van der Waals surface area contributed by atoms with Crippen molar-refractivity contribution in [1.82, 2.24) is 15.0 Å². The third-order valence-electron chi connectivity index (χ3n) is 5.01. The fraction of sp³-hybridized carbons (Fsp3) is 0.318. The second kappa shape index (κ2) is 8.25. The van der Waals surface area contributed by atoms with E-state index in [1.807, 2.05) is 36.5 Å². The summed E-state index contributed by atoms with van der Waals surface area (Å²) in [5, 5.41) is 0. The van der Waals surface area contributed by atoms with Gasteiger partial charge in [-0.2, -0.15) is 0 Å². The first-order chi connectivity index (χ1) is 13.3. The van der Waals surface area contributed by atoms with E-state index >= 15 is 0 Å². The number of hydrogen-bond acceptors (Lipinski definition) is 4. The normalized spacial score (nSPS) is 14.3. The largest absolute Gasteiger partial charge is 0.356 e. The zero-order valence-electron chi connectivity index (χ0n) is 15.3. The molecule has 0 radical (unpaired) electrons. The second-order valence-electron chi connectivity index (χ2n) is 6.90. The van der Waals surface area contributed by atoms with Crippen molar-refractivity contribution in [1.29, 1.82) is 0 Å². The van der Waals surface area contributed by atoms with Gasteiger partial charge in [0.1, 0.15) is 17.3 Å². The number of pyridine rings is 1. The van der Waals surface area contributed by atoms with Crippen molar-refractivity contribution in [3.63, 3.8) is 0 Å². The van der Waals surface area contributed by atoms with Gasteiger partial charge in [-0.15, -0.1) is 0 Å². The van der Waals surface area contributed by atoms with Gasteiger partial charge < -0.3 is 4.90 Å². The Morgan fingerprint density at radius 1 is 0.852 bits per heavy atom. The molecule has 1 aliphatic rings. The van der Waals surface area contributed by atoms with Crippen LogP contribution < -0.4 is 4.90 Å². The summed E-state index contributed by atoms with van der Waals surface area (Å²) in [5.41, 5.74) is 2.58. The zero-order valence-corrected chi connectivity index (χ0v) is 15.3. The molecule has 0 amide bonds. The Morgan fingerprint density at radius 3 is 2.41 bits per heavy atom. The van der Waals surface area contributed by atoms with Crippen LogP contribution >= 0.6 is 0 Å². The minimum absolute atomic E-state index is 0.150. The summed E-state index contributed by atoms with van der Waals surface area (Å²) in [6, 6.07) is 12.7. The molecule has 0 bridgehead atoms. The number of piperidine rings is 1. The van der Waals surface area contributed by atoms with Crippen LogP contribution in [0.3, 0.4) is 0 Å². The number of nitrogens with zero attached hydrogens (tertiary/aromatic N) is 4. The molecular weight excluding hydrogens is 339 g/mol. The molecule has 0 saturated carbocycles. The van der Waals surface area contributed by atoms with E-state index in [9.17, 15) is 4.39 Å². The molecule has 0 spiro atoms. The molecule has 3 heterocycles. The zero-order chi connectivity index (χ0) is 18.5. The van der Waals surface area contributed by atoms with Gasteiger partial charge in [0.05, 0.1) is 0 Å². The molecule has 1 fully saturated rings. The third-order valence-corrected chi connectivity index (χ3v) is 5.01. The first-order valence-electron chi connectivity index (χ1n) is 9.57. The summed E-state index contributed by atoms with van der Waals surface area (Å²) >= 11 is 0. The molecule has 0 atom stereocenters. The lowest BCUT2D eigenvalue weighted by molar-refractivity contribution is 0.570. The summed E-state index contributed by atoms with van der Waals surface area (Å²) in [7, 11) is 0. The Balaban J connectivity index is 1.64. The molecule has 0 unspecified atom stereocenters. The highest BCUT2D eigenvalue weighted by atomic mass is 19.1. The van der Waals surface area contributed by atoms with E-state index < -0.39 is 0 Å². The van der Waals surface area contributed by atoms with Crippen molar-refractivity contribution in [2.75, 3.05) is 18.0 Å². The van der Waals surface area contributed by atoms with Crippen LogP contribution in [0.2, 0.25) is 0 Å². The van der Waals surface area contributed by atoms with Crippen LogP contribution in [0.4, 0.5) is 10.2 Å². The lowest BCUT2D eigenvalue weighted by Crippen LogP contribution is -2.31. The Labute approximate surface area is 159 Å². The van der Waals surface area contributed by atoms with Crippen LogP contribution in [0.1, 0.15) is 30.4 Å². The SMILES string of the molecule is Fc1ccccc1CCc1cnc(-c2ccccn2)nc1N1CCCCC1. The van der Waals surface area contributed by atoms with Crippen LogP contribution in [0.15, 0.2) is 54.9 Å². The highest BCUT2D eigenvalue weighted by Gasteiger charge is 2.18. The van der Waals surface area contributed by atoms with Crippen LogP contribution in [0.25, 0.3) is 11.5 Å². The molecule has 4 rings (SSSR count). The molecule has 138 valence electrons. The number of rotatable bonds is 5. The number of halogens is 1. The third kappa shape index (κ3) is 4.13. The van der Waals surface area contributed by atoms with E-state index in [0.29, 0.717) is 12.2 Å². The van der Waals surface area contributed by atoms with E-state index in [-0.39, 0.29) is 5.82 Å². The van der Waals surface area contributed by atoms with Gasteiger partial charge in [0.25, 0.3) is 0 Å². The van der Waals surface area contributed by atoms with Crippen molar-refractivity contribution in [3.05, 3.63) is 71.8 Å². The minimum atomic E-state index is -0.150. The monoisotopic (exact) mass is 362 g/mol. The van der Waals surface area contributed by atoms with Crippen LogP contribution in [-0.2, 0) is 12.8 Å². The number of hydrogen-bond donors (Lipinski definition) is 0. The highest BCUT2D eigenvalue weighted by molar-refractivity contribution is 5.56. The van der Waals surface area contributed by atoms with E-state index in [1.54, 1.807) is 12.3 Å². The fourth-order valence-corrected chi connectivity index (χ4v) is 3.54. The topological polar surface area (TPSA) is 41.9 Å². The van der Waals surface area contributed by atoms with E-state index in [4.69, 9.17) is 4.98 Å². The van der Waals surface area contributed by atoms with Crippen LogP contribution in [-0.4, -0.2) is 28.0 Å². The highest BCUT2D eigenvalue weighted by Crippen LogP contribution is 2.25. The average Bonchev–Trinajstić information content (AvgIpc) is 2.74. The summed E-state index contributed by atoms with van der Waals surface area (Å²) in [4.78, 5) is 16.1. The fourth-order valence-electron chi connectivity index (χ4n) is 3.54. The number of aryl methyl sites for hydroxylation is 2. The maximum absolute atomic E-state index is 14.0. The Bertz CT molecular complexity index is 892. The molecule has 1 aliphatic heterocycles. The van der Waals surface area contributed by atoms with E-state index in [1.165, 1.54) is 25.3 Å². The molecule has 1 aromatic carbocycles. The second-order valence-corrected chi connectivity index (χ2v) is 6.90. The van der Waals surface area contributed by atoms with Crippen molar-refractivity contribution < 1.29 is 4.39 Å². The average molecular weight is 362 g/mol. The first kappa shape index (κ1) is 17.6. The van der Waals surface area contributed by atoms with Gasteiger partial charge in [-0.3, -0.25) is 4.98 Å². The lowest BCUT2D eigenvalue weighted by Gasteiger charge is -2.29. The van der Waals surface area contributed by atoms with Crippen LogP contribution in [0, 0.1) is 5.82 Å². The maximum atomic E-state index is 14.0. The van der Waals surface area contributed by atoms with Crippen LogP contribution in [0.5, 0.6) is 0 Å². The summed E-state index contributed by atoms with van der Waals surface area (Å²) in [6.45, 7) is 2.01. The number of aromatic nitrogens is 3. The molecule has 3 aromatic rings. The minimum Gasteiger partial charge on any atom is -0.356 e. The standard InChI is InChI=1S/C22H23FN4/c23-19-9-3-2-8-17(19)11-12-18-16-25-21(20-10-4-5-13-24-20)26-22(18)27-14-6-1-7-15-27/h2-5,8-10,13,16H,1,6-7,11-12,14-15H2. The van der Waals surface area contributed by atoms with Crippen molar-refractivity contribution in [2.24, 2.45) is 0 Å². The van der Waals surface area contributed by atoms with Gasteiger partial charge in [0, 0.05) is 31.0 Å². The van der Waals surface area contributed by atoms with E-state index in [0.717, 1.165) is 42.1 Å². The molecule has 0 aliphatic carbocycles. The number of anilines is 1. The Morgan fingerprint density at radius 2 is 1.63 bits per heavy atom. The maximum Gasteiger partial charge on any atom is 0.180 e. The van der Waals surface area contributed by atoms with Crippen molar-refractivity contribution in [3.8, 4) is 11.5 Å². The van der Waals surface area contributed by atoms with Gasteiger partial charge in [-0.25, -0.2) is 14.4 Å². The van der Waals surface area contributed by atoms with Crippen molar-refractivity contribution >= 4 is 5.82 Å². The quantitative estimate of drug-likeness (QED) is 0.672. The molecule has 0 N–H and O–H groups in total. The van der Waals surface area contributed by atoms with Crippen molar-refractivity contribution in [2.45, 2.75) is 32.1 Å². The summed E-state index contributed by atoms with van der Waals surface area (Å²) in [5.74, 6) is 1.47. The Kier molecular flexibility index (Phi) is 5.37. The number of benzene rings is 1. The molecule has 5 heteroatoms. The van der Waals surface area contributed by atoms with Gasteiger partial charge >= 0.3 is 0 Å².